The average Bonchev–Trinajstić information content (AvgIpc) is 2.82. The lowest BCUT2D eigenvalue weighted by Crippen LogP contribution is -2.41. The largest absolute Gasteiger partial charge is 0.379 e. The van der Waals surface area contributed by atoms with Crippen LogP contribution < -0.4 is 10.6 Å². The molecule has 0 radical (unpaired) electrons. The number of morpholine rings is 1. The van der Waals surface area contributed by atoms with Gasteiger partial charge in [-0.2, -0.15) is 0 Å². The molecule has 3 aromatic rings. The summed E-state index contributed by atoms with van der Waals surface area (Å²) in [6, 6.07) is 23.2. The van der Waals surface area contributed by atoms with Crippen molar-refractivity contribution in [1.82, 2.24) is 4.90 Å². The Morgan fingerprint density at radius 1 is 0.875 bits per heavy atom. The Morgan fingerprint density at radius 2 is 1.56 bits per heavy atom. The zero-order valence-corrected chi connectivity index (χ0v) is 18.1. The van der Waals surface area contributed by atoms with Crippen molar-refractivity contribution in [2.24, 2.45) is 0 Å². The van der Waals surface area contributed by atoms with Gasteiger partial charge < -0.3 is 15.4 Å². The maximum absolute atomic E-state index is 12.8. The molecule has 3 aromatic carbocycles. The summed E-state index contributed by atoms with van der Waals surface area (Å²) >= 11 is 0. The van der Waals surface area contributed by atoms with Crippen LogP contribution in [-0.4, -0.2) is 49.6 Å². The van der Waals surface area contributed by atoms with Crippen LogP contribution in [0.15, 0.2) is 72.8 Å². The van der Waals surface area contributed by atoms with Crippen molar-refractivity contribution in [2.45, 2.75) is 6.92 Å². The van der Waals surface area contributed by atoms with Gasteiger partial charge in [0.2, 0.25) is 5.91 Å². The van der Waals surface area contributed by atoms with Gasteiger partial charge >= 0.3 is 0 Å². The molecule has 0 aromatic heterocycles. The van der Waals surface area contributed by atoms with Crippen LogP contribution in [0, 0.1) is 6.92 Å². The van der Waals surface area contributed by atoms with Crippen LogP contribution in [0.4, 0.5) is 11.4 Å². The molecular formula is C26H27N3O3. The zero-order chi connectivity index (χ0) is 22.3. The highest BCUT2D eigenvalue weighted by molar-refractivity contribution is 6.05. The van der Waals surface area contributed by atoms with Crippen molar-refractivity contribution in [3.8, 4) is 11.1 Å². The Balaban J connectivity index is 1.40. The highest BCUT2D eigenvalue weighted by Gasteiger charge is 2.16. The van der Waals surface area contributed by atoms with Gasteiger partial charge in [0.15, 0.2) is 0 Å². The number of ether oxygens (including phenoxy) is 1. The van der Waals surface area contributed by atoms with E-state index in [4.69, 9.17) is 4.74 Å². The smallest absolute Gasteiger partial charge is 0.255 e. The van der Waals surface area contributed by atoms with E-state index in [2.05, 4.69) is 27.7 Å². The number of aryl methyl sites for hydroxylation is 1. The highest BCUT2D eigenvalue weighted by Crippen LogP contribution is 2.22. The first-order valence-electron chi connectivity index (χ1n) is 10.8. The number of amides is 2. The molecule has 1 heterocycles. The zero-order valence-electron chi connectivity index (χ0n) is 18.1. The summed E-state index contributed by atoms with van der Waals surface area (Å²) in [5, 5.41) is 5.87. The standard InChI is InChI=1S/C26H27N3O3/c1-19-7-8-22(17-24(19)28-25(30)18-29-13-15-32-16-14-29)26(31)27-23-11-9-21(10-12-23)20-5-3-2-4-6-20/h2-12,17H,13-16,18H2,1H3,(H,27,31)(H,28,30). The van der Waals surface area contributed by atoms with Crippen molar-refractivity contribution in [1.29, 1.82) is 0 Å². The van der Waals surface area contributed by atoms with E-state index in [0.717, 1.165) is 29.8 Å². The molecule has 0 spiro atoms. The number of rotatable bonds is 6. The lowest BCUT2D eigenvalue weighted by Gasteiger charge is -2.26. The molecule has 4 rings (SSSR count). The van der Waals surface area contributed by atoms with Crippen LogP contribution in [0.1, 0.15) is 15.9 Å². The first kappa shape index (κ1) is 21.7. The summed E-state index contributed by atoms with van der Waals surface area (Å²) in [5.74, 6) is -0.315. The van der Waals surface area contributed by atoms with Crippen LogP contribution in [-0.2, 0) is 9.53 Å². The highest BCUT2D eigenvalue weighted by atomic mass is 16.5. The van der Waals surface area contributed by atoms with E-state index in [9.17, 15) is 9.59 Å². The van der Waals surface area contributed by atoms with Gasteiger partial charge in [0.25, 0.3) is 5.91 Å². The van der Waals surface area contributed by atoms with Crippen LogP contribution in [0.3, 0.4) is 0 Å². The Bertz CT molecular complexity index is 1080. The Kier molecular flexibility index (Phi) is 6.94. The first-order valence-corrected chi connectivity index (χ1v) is 10.8. The third-order valence-electron chi connectivity index (χ3n) is 5.49. The Morgan fingerprint density at radius 3 is 2.28 bits per heavy atom. The molecule has 1 aliphatic rings. The Hall–Kier alpha value is -3.48. The van der Waals surface area contributed by atoms with Gasteiger partial charge in [-0.15, -0.1) is 0 Å². The van der Waals surface area contributed by atoms with Crippen LogP contribution >= 0.6 is 0 Å². The second kappa shape index (κ2) is 10.2. The fourth-order valence-corrected chi connectivity index (χ4v) is 3.63. The van der Waals surface area contributed by atoms with Gasteiger partial charge in [0.1, 0.15) is 0 Å². The fraction of sp³-hybridized carbons (Fsp3) is 0.231. The van der Waals surface area contributed by atoms with Crippen LogP contribution in [0.2, 0.25) is 0 Å². The summed E-state index contributed by atoms with van der Waals surface area (Å²) < 4.78 is 5.32. The van der Waals surface area contributed by atoms with Crippen molar-refractivity contribution >= 4 is 23.2 Å². The molecular weight excluding hydrogens is 402 g/mol. The van der Waals surface area contributed by atoms with Crippen molar-refractivity contribution in [3.63, 3.8) is 0 Å². The molecule has 2 N–H and O–H groups in total. The van der Waals surface area contributed by atoms with E-state index in [-0.39, 0.29) is 11.8 Å². The predicted octanol–water partition coefficient (Wildman–Crippen LogP) is 4.19. The summed E-state index contributed by atoms with van der Waals surface area (Å²) in [7, 11) is 0. The van der Waals surface area contributed by atoms with Crippen LogP contribution in [0.25, 0.3) is 11.1 Å². The number of carbonyl (C=O) groups excluding carboxylic acids is 2. The molecule has 0 unspecified atom stereocenters. The molecule has 1 aliphatic heterocycles. The number of hydrogen-bond donors (Lipinski definition) is 2. The minimum Gasteiger partial charge on any atom is -0.379 e. The maximum atomic E-state index is 12.8. The monoisotopic (exact) mass is 429 g/mol. The number of nitrogens with zero attached hydrogens (tertiary/aromatic N) is 1. The number of hydrogen-bond acceptors (Lipinski definition) is 4. The predicted molar refractivity (Wildman–Crippen MR) is 127 cm³/mol. The van der Waals surface area contributed by atoms with E-state index in [0.29, 0.717) is 36.7 Å². The molecule has 1 fully saturated rings. The maximum Gasteiger partial charge on any atom is 0.255 e. The third kappa shape index (κ3) is 5.60. The molecule has 0 bridgehead atoms. The minimum atomic E-state index is -0.221. The number of nitrogens with one attached hydrogen (secondary N) is 2. The molecule has 0 atom stereocenters. The minimum absolute atomic E-state index is 0.0935. The number of carbonyl (C=O) groups is 2. The van der Waals surface area contributed by atoms with E-state index in [1.807, 2.05) is 55.5 Å². The van der Waals surface area contributed by atoms with E-state index >= 15 is 0 Å². The molecule has 32 heavy (non-hydrogen) atoms. The van der Waals surface area contributed by atoms with Crippen molar-refractivity contribution < 1.29 is 14.3 Å². The topological polar surface area (TPSA) is 70.7 Å². The molecule has 6 nitrogen and oxygen atoms in total. The average molecular weight is 430 g/mol. The quantitative estimate of drug-likeness (QED) is 0.617. The molecule has 0 aliphatic carbocycles. The summed E-state index contributed by atoms with van der Waals surface area (Å²) in [5.41, 5.74) is 4.97. The van der Waals surface area contributed by atoms with Crippen molar-refractivity contribution in [2.75, 3.05) is 43.5 Å². The van der Waals surface area contributed by atoms with E-state index in [1.165, 1.54) is 0 Å². The van der Waals surface area contributed by atoms with Gasteiger partial charge in [-0.1, -0.05) is 48.5 Å². The van der Waals surface area contributed by atoms with E-state index in [1.54, 1.807) is 12.1 Å². The molecule has 1 saturated heterocycles. The van der Waals surface area contributed by atoms with Crippen LogP contribution in [0.5, 0.6) is 0 Å². The summed E-state index contributed by atoms with van der Waals surface area (Å²) in [4.78, 5) is 27.3. The number of benzene rings is 3. The normalized spacial score (nSPS) is 14.0. The van der Waals surface area contributed by atoms with Gasteiger partial charge in [0, 0.05) is 30.0 Å². The third-order valence-corrected chi connectivity index (χ3v) is 5.49. The SMILES string of the molecule is Cc1ccc(C(=O)Nc2ccc(-c3ccccc3)cc2)cc1NC(=O)CN1CCOCC1. The molecule has 0 saturated carbocycles. The van der Waals surface area contributed by atoms with E-state index < -0.39 is 0 Å². The lowest BCUT2D eigenvalue weighted by molar-refractivity contribution is -0.118. The van der Waals surface area contributed by atoms with Gasteiger partial charge in [-0.05, 0) is 47.9 Å². The summed E-state index contributed by atoms with van der Waals surface area (Å²) in [6.45, 7) is 5.01. The number of anilines is 2. The Labute approximate surface area is 188 Å². The fourth-order valence-electron chi connectivity index (χ4n) is 3.63. The second-order valence-corrected chi connectivity index (χ2v) is 7.86. The first-order chi connectivity index (χ1) is 15.6. The summed E-state index contributed by atoms with van der Waals surface area (Å²) in [6.07, 6.45) is 0. The van der Waals surface area contributed by atoms with Crippen molar-refractivity contribution in [3.05, 3.63) is 83.9 Å². The second-order valence-electron chi connectivity index (χ2n) is 7.86. The van der Waals surface area contributed by atoms with Gasteiger partial charge in [0.05, 0.1) is 19.8 Å². The molecule has 6 heteroatoms. The molecule has 164 valence electrons. The lowest BCUT2D eigenvalue weighted by atomic mass is 10.1. The van der Waals surface area contributed by atoms with Gasteiger partial charge in [-0.3, -0.25) is 14.5 Å². The molecule has 2 amide bonds. The van der Waals surface area contributed by atoms with Gasteiger partial charge in [-0.25, -0.2) is 0 Å².